The van der Waals surface area contributed by atoms with Crippen molar-refractivity contribution in [3.8, 4) is 0 Å². The van der Waals surface area contributed by atoms with Crippen LogP contribution < -0.4 is 5.32 Å². The molecule has 1 aromatic carbocycles. The Balaban J connectivity index is 2.69. The minimum absolute atomic E-state index is 0.267. The number of rotatable bonds is 5. The van der Waals surface area contributed by atoms with Crippen LogP contribution in [0.3, 0.4) is 0 Å². The largest absolute Gasteiger partial charge is 0.407 e. The van der Waals surface area contributed by atoms with Gasteiger partial charge < -0.3 is 5.32 Å². The maximum atomic E-state index is 12.9. The van der Waals surface area contributed by atoms with Crippen LogP contribution in [0.4, 0.5) is 13.2 Å². The standard InChI is InChI=1S/C13H18F3N/c1-10(2)8-9-17-12(13(14,15)16)11-6-4-3-5-7-11/h3-7,10,12,17H,8-9H2,1-2H3. The van der Waals surface area contributed by atoms with Gasteiger partial charge in [0.2, 0.25) is 0 Å². The first kappa shape index (κ1) is 14.0. The smallest absolute Gasteiger partial charge is 0.302 e. The van der Waals surface area contributed by atoms with E-state index in [0.717, 1.165) is 6.42 Å². The molecule has 0 fully saturated rings. The molecule has 0 aliphatic heterocycles. The van der Waals surface area contributed by atoms with Gasteiger partial charge in [-0.1, -0.05) is 44.2 Å². The first-order valence-corrected chi connectivity index (χ1v) is 5.76. The van der Waals surface area contributed by atoms with Gasteiger partial charge in [-0.3, -0.25) is 0 Å². The molecule has 17 heavy (non-hydrogen) atoms. The van der Waals surface area contributed by atoms with E-state index in [2.05, 4.69) is 5.32 Å². The van der Waals surface area contributed by atoms with Crippen molar-refractivity contribution in [3.05, 3.63) is 35.9 Å². The summed E-state index contributed by atoms with van der Waals surface area (Å²) in [6.45, 7) is 4.36. The molecule has 1 aromatic rings. The Hall–Kier alpha value is -1.03. The summed E-state index contributed by atoms with van der Waals surface area (Å²) in [5.74, 6) is 0.396. The topological polar surface area (TPSA) is 12.0 Å². The Morgan fingerprint density at radius 3 is 2.18 bits per heavy atom. The van der Waals surface area contributed by atoms with Crippen LogP contribution in [0.2, 0.25) is 0 Å². The first-order valence-electron chi connectivity index (χ1n) is 5.76. The molecular formula is C13H18F3N. The van der Waals surface area contributed by atoms with Crippen molar-refractivity contribution < 1.29 is 13.2 Å². The summed E-state index contributed by atoms with van der Waals surface area (Å²) in [5, 5.41) is 2.58. The molecule has 0 radical (unpaired) electrons. The predicted octanol–water partition coefficient (Wildman–Crippen LogP) is 3.93. The number of benzene rings is 1. The van der Waals surface area contributed by atoms with Crippen molar-refractivity contribution in [2.75, 3.05) is 6.54 Å². The average Bonchev–Trinajstić information content (AvgIpc) is 2.23. The van der Waals surface area contributed by atoms with Crippen molar-refractivity contribution in [3.63, 3.8) is 0 Å². The number of hydrogen-bond acceptors (Lipinski definition) is 1. The van der Waals surface area contributed by atoms with Gasteiger partial charge in [-0.15, -0.1) is 0 Å². The lowest BCUT2D eigenvalue weighted by Crippen LogP contribution is -2.35. The SMILES string of the molecule is CC(C)CCNC(c1ccccc1)C(F)(F)F. The molecule has 0 saturated heterocycles. The lowest BCUT2D eigenvalue weighted by molar-refractivity contribution is -0.157. The van der Waals surface area contributed by atoms with Crippen LogP contribution >= 0.6 is 0 Å². The van der Waals surface area contributed by atoms with Gasteiger partial charge >= 0.3 is 6.18 Å². The fourth-order valence-corrected chi connectivity index (χ4v) is 1.58. The average molecular weight is 245 g/mol. The highest BCUT2D eigenvalue weighted by Crippen LogP contribution is 2.32. The molecule has 0 heterocycles. The van der Waals surface area contributed by atoms with Gasteiger partial charge in [0.1, 0.15) is 6.04 Å². The van der Waals surface area contributed by atoms with Crippen LogP contribution in [-0.2, 0) is 0 Å². The van der Waals surface area contributed by atoms with E-state index in [9.17, 15) is 13.2 Å². The molecule has 0 bridgehead atoms. The molecule has 0 aliphatic carbocycles. The van der Waals surface area contributed by atoms with Crippen LogP contribution in [0.5, 0.6) is 0 Å². The number of hydrogen-bond donors (Lipinski definition) is 1. The monoisotopic (exact) mass is 245 g/mol. The van der Waals surface area contributed by atoms with Crippen molar-refractivity contribution in [2.24, 2.45) is 5.92 Å². The Bertz CT molecular complexity index is 319. The first-order chi connectivity index (χ1) is 7.91. The van der Waals surface area contributed by atoms with Crippen LogP contribution in [0.25, 0.3) is 0 Å². The predicted molar refractivity (Wildman–Crippen MR) is 62.7 cm³/mol. The van der Waals surface area contributed by atoms with E-state index in [4.69, 9.17) is 0 Å². The highest BCUT2D eigenvalue weighted by atomic mass is 19.4. The molecule has 1 rings (SSSR count). The summed E-state index contributed by atoms with van der Waals surface area (Å²) in [4.78, 5) is 0. The molecule has 1 unspecified atom stereocenters. The zero-order valence-electron chi connectivity index (χ0n) is 10.1. The van der Waals surface area contributed by atoms with Gasteiger partial charge in [0.15, 0.2) is 0 Å². The van der Waals surface area contributed by atoms with Crippen molar-refractivity contribution in [1.29, 1.82) is 0 Å². The van der Waals surface area contributed by atoms with Gasteiger partial charge in [-0.25, -0.2) is 0 Å². The summed E-state index contributed by atoms with van der Waals surface area (Å²) >= 11 is 0. The van der Waals surface area contributed by atoms with Gasteiger partial charge in [-0.2, -0.15) is 13.2 Å². The molecule has 1 nitrogen and oxygen atoms in total. The van der Waals surface area contributed by atoms with E-state index in [1.165, 1.54) is 12.1 Å². The highest BCUT2D eigenvalue weighted by molar-refractivity contribution is 5.20. The number of nitrogens with one attached hydrogen (secondary N) is 1. The quantitative estimate of drug-likeness (QED) is 0.828. The molecule has 0 amide bonds. The molecule has 1 N–H and O–H groups in total. The normalized spacial score (nSPS) is 14.0. The van der Waals surface area contributed by atoms with E-state index in [1.807, 2.05) is 13.8 Å². The molecule has 0 aliphatic rings. The van der Waals surface area contributed by atoms with Crippen molar-refractivity contribution >= 4 is 0 Å². The van der Waals surface area contributed by atoms with Gasteiger partial charge in [0.25, 0.3) is 0 Å². The van der Waals surface area contributed by atoms with E-state index in [1.54, 1.807) is 18.2 Å². The molecule has 0 saturated carbocycles. The third-order valence-corrected chi connectivity index (χ3v) is 2.53. The summed E-state index contributed by atoms with van der Waals surface area (Å²) in [6, 6.07) is 6.39. The lowest BCUT2D eigenvalue weighted by atomic mass is 10.1. The minimum Gasteiger partial charge on any atom is -0.302 e. The zero-order chi connectivity index (χ0) is 12.9. The van der Waals surface area contributed by atoms with E-state index in [-0.39, 0.29) is 5.56 Å². The Labute approximate surface area is 100 Å². The maximum Gasteiger partial charge on any atom is 0.407 e. The zero-order valence-corrected chi connectivity index (χ0v) is 10.1. The summed E-state index contributed by atoms with van der Waals surface area (Å²) in [7, 11) is 0. The maximum absolute atomic E-state index is 12.9. The van der Waals surface area contributed by atoms with Gasteiger partial charge in [0, 0.05) is 0 Å². The van der Waals surface area contributed by atoms with E-state index < -0.39 is 12.2 Å². The molecule has 0 aromatic heterocycles. The highest BCUT2D eigenvalue weighted by Gasteiger charge is 2.40. The Kier molecular flexibility index (Phi) is 5.00. The molecule has 96 valence electrons. The summed E-state index contributed by atoms with van der Waals surface area (Å²) in [5.41, 5.74) is 0.267. The van der Waals surface area contributed by atoms with E-state index >= 15 is 0 Å². The molecule has 0 spiro atoms. The number of halogens is 3. The minimum atomic E-state index is -4.25. The summed E-state index contributed by atoms with van der Waals surface area (Å²) in [6.07, 6.45) is -3.52. The van der Waals surface area contributed by atoms with Crippen LogP contribution in [0.15, 0.2) is 30.3 Å². The van der Waals surface area contributed by atoms with Crippen LogP contribution in [0, 0.1) is 5.92 Å². The number of alkyl halides is 3. The lowest BCUT2D eigenvalue weighted by Gasteiger charge is -2.22. The second-order valence-corrected chi connectivity index (χ2v) is 4.52. The van der Waals surface area contributed by atoms with Gasteiger partial charge in [0.05, 0.1) is 0 Å². The fourth-order valence-electron chi connectivity index (χ4n) is 1.58. The van der Waals surface area contributed by atoms with Crippen molar-refractivity contribution in [1.82, 2.24) is 5.32 Å². The van der Waals surface area contributed by atoms with Gasteiger partial charge in [-0.05, 0) is 24.4 Å². The van der Waals surface area contributed by atoms with Crippen LogP contribution in [-0.4, -0.2) is 12.7 Å². The Morgan fingerprint density at radius 2 is 1.71 bits per heavy atom. The summed E-state index contributed by atoms with van der Waals surface area (Å²) < 4.78 is 38.6. The molecule has 4 heteroatoms. The Morgan fingerprint density at radius 1 is 1.12 bits per heavy atom. The second-order valence-electron chi connectivity index (χ2n) is 4.52. The second kappa shape index (κ2) is 6.05. The van der Waals surface area contributed by atoms with Crippen LogP contribution in [0.1, 0.15) is 31.9 Å². The molecule has 1 atom stereocenters. The van der Waals surface area contributed by atoms with Crippen molar-refractivity contribution in [2.45, 2.75) is 32.5 Å². The third kappa shape index (κ3) is 4.77. The van der Waals surface area contributed by atoms with E-state index in [0.29, 0.717) is 12.5 Å². The molecular weight excluding hydrogens is 227 g/mol. The fraction of sp³-hybridized carbons (Fsp3) is 0.538. The third-order valence-electron chi connectivity index (χ3n) is 2.53.